The second kappa shape index (κ2) is 4.13. The summed E-state index contributed by atoms with van der Waals surface area (Å²) in [6.07, 6.45) is 2.94. The quantitative estimate of drug-likeness (QED) is 0.799. The summed E-state index contributed by atoms with van der Waals surface area (Å²) < 4.78 is 0. The van der Waals surface area contributed by atoms with Crippen LogP contribution in [-0.2, 0) is 11.8 Å². The zero-order valence-electron chi connectivity index (χ0n) is 10.9. The highest BCUT2D eigenvalue weighted by molar-refractivity contribution is 5.57. The van der Waals surface area contributed by atoms with Crippen LogP contribution in [-0.4, -0.2) is 18.6 Å². The predicted molar refractivity (Wildman–Crippen MR) is 75.0 cm³/mol. The lowest BCUT2D eigenvalue weighted by molar-refractivity contribution is 0.502. The topological polar surface area (TPSA) is 16.1 Å². The Hall–Kier alpha value is -1.83. The first-order chi connectivity index (χ1) is 8.69. The maximum absolute atomic E-state index is 4.50. The van der Waals surface area contributed by atoms with Crippen LogP contribution < -0.4 is 4.90 Å². The van der Waals surface area contributed by atoms with Crippen LogP contribution in [0, 0.1) is 0 Å². The smallest absolute Gasteiger partial charge is 0.132 e. The van der Waals surface area contributed by atoms with Crippen LogP contribution in [0.5, 0.6) is 0 Å². The van der Waals surface area contributed by atoms with Crippen molar-refractivity contribution in [1.82, 2.24) is 4.98 Å². The number of benzene rings is 1. The SMILES string of the molecule is CN1C[C@@](C)(Cc2ccccc2)c2cccnc21. The van der Waals surface area contributed by atoms with Crippen LogP contribution in [0.25, 0.3) is 0 Å². The molecule has 0 saturated carbocycles. The number of anilines is 1. The number of likely N-dealkylation sites (N-methyl/N-ethyl adjacent to an activating group) is 1. The molecule has 0 N–H and O–H groups in total. The first-order valence-corrected chi connectivity index (χ1v) is 6.40. The van der Waals surface area contributed by atoms with Crippen molar-refractivity contribution in [2.75, 3.05) is 18.5 Å². The fourth-order valence-electron chi connectivity index (χ4n) is 3.05. The molecular formula is C16H18N2. The first kappa shape index (κ1) is 11.3. The Bertz CT molecular complexity index is 550. The fourth-order valence-corrected chi connectivity index (χ4v) is 3.05. The highest BCUT2D eigenvalue weighted by atomic mass is 15.2. The van der Waals surface area contributed by atoms with Gasteiger partial charge >= 0.3 is 0 Å². The molecule has 0 spiro atoms. The molecule has 2 heteroatoms. The summed E-state index contributed by atoms with van der Waals surface area (Å²) >= 11 is 0. The molecule has 1 aromatic carbocycles. The van der Waals surface area contributed by atoms with E-state index in [4.69, 9.17) is 0 Å². The Labute approximate surface area is 108 Å². The Balaban J connectivity index is 1.97. The summed E-state index contributed by atoms with van der Waals surface area (Å²) in [4.78, 5) is 6.77. The molecule has 1 atom stereocenters. The minimum atomic E-state index is 0.166. The highest BCUT2D eigenvalue weighted by Gasteiger charge is 2.38. The lowest BCUT2D eigenvalue weighted by atomic mass is 9.79. The maximum atomic E-state index is 4.50. The van der Waals surface area contributed by atoms with Crippen molar-refractivity contribution >= 4 is 5.82 Å². The number of nitrogens with zero attached hydrogens (tertiary/aromatic N) is 2. The van der Waals surface area contributed by atoms with E-state index in [1.54, 1.807) is 0 Å². The molecule has 0 saturated heterocycles. The van der Waals surface area contributed by atoms with Crippen LogP contribution in [0.3, 0.4) is 0 Å². The van der Waals surface area contributed by atoms with Crippen LogP contribution in [0.4, 0.5) is 5.82 Å². The van der Waals surface area contributed by atoms with Crippen molar-refractivity contribution in [1.29, 1.82) is 0 Å². The molecule has 1 aliphatic heterocycles. The van der Waals surface area contributed by atoms with Gasteiger partial charge in [-0.3, -0.25) is 0 Å². The van der Waals surface area contributed by atoms with Crippen LogP contribution in [0.15, 0.2) is 48.7 Å². The van der Waals surface area contributed by atoms with E-state index in [2.05, 4.69) is 60.3 Å². The average molecular weight is 238 g/mol. The van der Waals surface area contributed by atoms with Crippen LogP contribution in [0.1, 0.15) is 18.1 Å². The molecule has 0 unspecified atom stereocenters. The number of hydrogen-bond acceptors (Lipinski definition) is 2. The monoisotopic (exact) mass is 238 g/mol. The van der Waals surface area contributed by atoms with Crippen molar-refractivity contribution in [2.24, 2.45) is 0 Å². The molecule has 3 rings (SSSR count). The van der Waals surface area contributed by atoms with E-state index in [1.165, 1.54) is 11.1 Å². The zero-order chi connectivity index (χ0) is 12.6. The third-order valence-corrected chi connectivity index (χ3v) is 3.82. The van der Waals surface area contributed by atoms with Crippen molar-refractivity contribution in [3.8, 4) is 0 Å². The van der Waals surface area contributed by atoms with Gasteiger partial charge in [0.05, 0.1) is 0 Å². The lowest BCUT2D eigenvalue weighted by Gasteiger charge is -2.25. The zero-order valence-corrected chi connectivity index (χ0v) is 10.9. The lowest BCUT2D eigenvalue weighted by Crippen LogP contribution is -2.30. The molecule has 0 amide bonds. The number of fused-ring (bicyclic) bond motifs is 1. The second-order valence-electron chi connectivity index (χ2n) is 5.45. The van der Waals surface area contributed by atoms with Gasteiger partial charge in [-0.05, 0) is 18.1 Å². The summed E-state index contributed by atoms with van der Waals surface area (Å²) in [7, 11) is 2.13. The molecule has 0 aliphatic carbocycles. The fraction of sp³-hybridized carbons (Fsp3) is 0.312. The molecular weight excluding hydrogens is 220 g/mol. The molecule has 0 bridgehead atoms. The van der Waals surface area contributed by atoms with E-state index < -0.39 is 0 Å². The molecule has 1 aromatic heterocycles. The Morgan fingerprint density at radius 3 is 2.72 bits per heavy atom. The summed E-state index contributed by atoms with van der Waals surface area (Å²) in [5.41, 5.74) is 2.93. The second-order valence-corrected chi connectivity index (χ2v) is 5.45. The third kappa shape index (κ3) is 1.78. The average Bonchev–Trinajstić information content (AvgIpc) is 2.63. The highest BCUT2D eigenvalue weighted by Crippen LogP contribution is 2.40. The number of pyridine rings is 1. The maximum Gasteiger partial charge on any atom is 0.132 e. The minimum absolute atomic E-state index is 0.166. The Morgan fingerprint density at radius 2 is 1.94 bits per heavy atom. The molecule has 18 heavy (non-hydrogen) atoms. The molecule has 2 heterocycles. The summed E-state index contributed by atoms with van der Waals surface area (Å²) in [5.74, 6) is 1.14. The minimum Gasteiger partial charge on any atom is -0.359 e. The van der Waals surface area contributed by atoms with Gasteiger partial charge in [-0.2, -0.15) is 0 Å². The number of rotatable bonds is 2. The van der Waals surface area contributed by atoms with E-state index in [0.717, 1.165) is 18.8 Å². The molecule has 92 valence electrons. The van der Waals surface area contributed by atoms with Crippen molar-refractivity contribution in [2.45, 2.75) is 18.8 Å². The van der Waals surface area contributed by atoms with E-state index in [9.17, 15) is 0 Å². The standard InChI is InChI=1S/C16H18N2/c1-16(11-13-7-4-3-5-8-13)12-18(2)15-14(16)9-6-10-17-15/h3-10H,11-12H2,1-2H3/t16-/m1/s1. The molecule has 0 fully saturated rings. The normalized spacial score (nSPS) is 22.0. The van der Waals surface area contributed by atoms with Crippen molar-refractivity contribution in [3.05, 3.63) is 59.8 Å². The molecule has 2 nitrogen and oxygen atoms in total. The molecule has 2 aromatic rings. The largest absolute Gasteiger partial charge is 0.359 e. The molecule has 0 radical (unpaired) electrons. The summed E-state index contributed by atoms with van der Waals surface area (Å²) in [6, 6.07) is 15.0. The Kier molecular flexibility index (Phi) is 2.58. The van der Waals surface area contributed by atoms with Gasteiger partial charge < -0.3 is 4.90 Å². The van der Waals surface area contributed by atoms with E-state index in [1.807, 2.05) is 12.3 Å². The molecule has 1 aliphatic rings. The summed E-state index contributed by atoms with van der Waals surface area (Å²) in [5, 5.41) is 0. The van der Waals surface area contributed by atoms with Crippen molar-refractivity contribution < 1.29 is 0 Å². The first-order valence-electron chi connectivity index (χ1n) is 6.40. The van der Waals surface area contributed by atoms with Gasteiger partial charge in [0.25, 0.3) is 0 Å². The Morgan fingerprint density at radius 1 is 1.17 bits per heavy atom. The van der Waals surface area contributed by atoms with Gasteiger partial charge in [-0.1, -0.05) is 43.3 Å². The van der Waals surface area contributed by atoms with Crippen LogP contribution in [0.2, 0.25) is 0 Å². The number of hydrogen-bond donors (Lipinski definition) is 0. The van der Waals surface area contributed by atoms with Crippen LogP contribution >= 0.6 is 0 Å². The van der Waals surface area contributed by atoms with Gasteiger partial charge in [-0.15, -0.1) is 0 Å². The predicted octanol–water partition coefficient (Wildman–Crippen LogP) is 3.03. The van der Waals surface area contributed by atoms with Gasteiger partial charge in [0, 0.05) is 30.8 Å². The summed E-state index contributed by atoms with van der Waals surface area (Å²) in [6.45, 7) is 3.37. The number of aromatic nitrogens is 1. The van der Waals surface area contributed by atoms with Gasteiger partial charge in [-0.25, -0.2) is 4.98 Å². The van der Waals surface area contributed by atoms with Crippen molar-refractivity contribution in [3.63, 3.8) is 0 Å². The van der Waals surface area contributed by atoms with Gasteiger partial charge in [0.1, 0.15) is 5.82 Å². The van der Waals surface area contributed by atoms with E-state index in [0.29, 0.717) is 0 Å². The van der Waals surface area contributed by atoms with E-state index >= 15 is 0 Å². The van der Waals surface area contributed by atoms with Gasteiger partial charge in [0.2, 0.25) is 0 Å². The third-order valence-electron chi connectivity index (χ3n) is 3.82. The van der Waals surface area contributed by atoms with E-state index in [-0.39, 0.29) is 5.41 Å². The van der Waals surface area contributed by atoms with Gasteiger partial charge in [0.15, 0.2) is 0 Å².